The monoisotopic (exact) mass is 942 g/mol. The van der Waals surface area contributed by atoms with Crippen LogP contribution in [0.2, 0.25) is 0 Å². The highest BCUT2D eigenvalue weighted by atomic mass is 16.5. The molecule has 0 heterocycles. The molecule has 0 aliphatic heterocycles. The number of benzene rings is 9. The van der Waals surface area contributed by atoms with E-state index in [1.807, 2.05) is 218 Å². The molecule has 72 heavy (non-hydrogen) atoms. The summed E-state index contributed by atoms with van der Waals surface area (Å²) in [6.07, 6.45) is 0. The molecule has 0 aliphatic rings. The Balaban J connectivity index is 1.01. The van der Waals surface area contributed by atoms with Gasteiger partial charge in [-0.05, 0) is 133 Å². The van der Waals surface area contributed by atoms with E-state index in [4.69, 9.17) is 40.2 Å². The van der Waals surface area contributed by atoms with Crippen molar-refractivity contribution in [2.24, 2.45) is 10.4 Å². The second-order valence-electron chi connectivity index (χ2n) is 17.6. The number of ether oxygens (including phenoxy) is 4. The minimum absolute atomic E-state index is 0.134. The standard InChI is InChI=1S/C64H54N4O4/c1-46-22-32-55(33-23-46)68-63(53-20-12-5-13-21-53)54-30-40-59(41-31-54)72-45-64(42-69-56-34-24-50(25-35-56)60(65)47-14-6-2-7-15-47,43-70-57-36-26-51(27-37-57)61(66)48-16-8-3-9-17-48)44-71-58-38-28-52(29-39-58)62(67)49-18-10-4-11-19-49/h2-41,65-67H,42-45H2,1H3. The van der Waals surface area contributed by atoms with Crippen LogP contribution in [0.3, 0.4) is 0 Å². The fourth-order valence-electron chi connectivity index (χ4n) is 8.01. The summed E-state index contributed by atoms with van der Waals surface area (Å²) >= 11 is 0. The first-order valence-electron chi connectivity index (χ1n) is 23.8. The first-order valence-corrected chi connectivity index (χ1v) is 23.8. The maximum atomic E-state index is 8.83. The first kappa shape index (κ1) is 47.9. The molecular formula is C64H54N4O4. The van der Waals surface area contributed by atoms with Gasteiger partial charge < -0.3 is 18.9 Å². The molecule has 354 valence electrons. The van der Waals surface area contributed by atoms with Gasteiger partial charge in [0.1, 0.15) is 54.8 Å². The summed E-state index contributed by atoms with van der Waals surface area (Å²) in [4.78, 5) is 5.10. The summed E-state index contributed by atoms with van der Waals surface area (Å²) in [5.41, 5.74) is 9.95. The van der Waals surface area contributed by atoms with Crippen molar-refractivity contribution in [3.05, 3.63) is 293 Å². The number of nitrogens with one attached hydrogen (secondary N) is 3. The van der Waals surface area contributed by atoms with Gasteiger partial charge in [-0.25, -0.2) is 4.99 Å². The Morgan fingerprint density at radius 3 is 0.875 bits per heavy atom. The number of nitrogens with zero attached hydrogens (tertiary/aromatic N) is 1. The topological polar surface area (TPSA) is 121 Å². The minimum Gasteiger partial charge on any atom is -0.493 e. The highest BCUT2D eigenvalue weighted by molar-refractivity contribution is 6.14. The van der Waals surface area contributed by atoms with Crippen LogP contribution in [0.5, 0.6) is 23.0 Å². The molecule has 8 heteroatoms. The van der Waals surface area contributed by atoms with E-state index in [1.165, 1.54) is 5.56 Å². The predicted molar refractivity (Wildman–Crippen MR) is 290 cm³/mol. The second-order valence-corrected chi connectivity index (χ2v) is 17.6. The summed E-state index contributed by atoms with van der Waals surface area (Å²) < 4.78 is 26.7. The Bertz CT molecular complexity index is 3000. The van der Waals surface area contributed by atoms with Crippen LogP contribution < -0.4 is 18.9 Å². The maximum Gasteiger partial charge on any atom is 0.119 e. The lowest BCUT2D eigenvalue weighted by atomic mass is 9.91. The van der Waals surface area contributed by atoms with Crippen LogP contribution in [-0.4, -0.2) is 49.3 Å². The average Bonchev–Trinajstić information content (AvgIpc) is 3.45. The minimum atomic E-state index is -0.916. The Kier molecular flexibility index (Phi) is 15.3. The van der Waals surface area contributed by atoms with Crippen LogP contribution >= 0.6 is 0 Å². The van der Waals surface area contributed by atoms with Crippen LogP contribution in [0.25, 0.3) is 0 Å². The molecule has 9 aromatic rings. The van der Waals surface area contributed by atoms with Crippen molar-refractivity contribution in [2.75, 3.05) is 26.4 Å². The number of rotatable bonds is 21. The quantitative estimate of drug-likeness (QED) is 0.0621. The molecule has 0 amide bonds. The molecule has 8 nitrogen and oxygen atoms in total. The number of aryl methyl sites for hydroxylation is 1. The lowest BCUT2D eigenvalue weighted by molar-refractivity contribution is -0.00351. The van der Waals surface area contributed by atoms with Gasteiger partial charge >= 0.3 is 0 Å². The molecule has 0 fully saturated rings. The van der Waals surface area contributed by atoms with Crippen LogP contribution in [0.1, 0.15) is 50.1 Å². The van der Waals surface area contributed by atoms with Crippen molar-refractivity contribution in [2.45, 2.75) is 6.92 Å². The SMILES string of the molecule is Cc1ccc(N=C(c2ccccc2)c2ccc(OCC(COc3ccc(C(=N)c4ccccc4)cc3)(COc3ccc(C(=N)c4ccccc4)cc3)COc3ccc(C(=N)c4ccccc4)cc3)cc2)cc1. The number of hydrogen-bond acceptors (Lipinski definition) is 8. The smallest absolute Gasteiger partial charge is 0.119 e. The van der Waals surface area contributed by atoms with Gasteiger partial charge in [-0.2, -0.15) is 0 Å². The molecule has 0 aromatic heterocycles. The van der Waals surface area contributed by atoms with E-state index < -0.39 is 5.41 Å². The molecule has 0 saturated heterocycles. The van der Waals surface area contributed by atoms with Gasteiger partial charge in [0.05, 0.1) is 28.5 Å². The zero-order valence-corrected chi connectivity index (χ0v) is 40.0. The van der Waals surface area contributed by atoms with Crippen molar-refractivity contribution in [1.82, 2.24) is 0 Å². The van der Waals surface area contributed by atoms with E-state index in [0.717, 1.165) is 55.9 Å². The van der Waals surface area contributed by atoms with Gasteiger partial charge in [-0.15, -0.1) is 0 Å². The number of aliphatic imine (C=N–C) groups is 1. The van der Waals surface area contributed by atoms with E-state index in [0.29, 0.717) is 40.1 Å². The van der Waals surface area contributed by atoms with Gasteiger partial charge in [0.2, 0.25) is 0 Å². The van der Waals surface area contributed by atoms with Gasteiger partial charge in [0, 0.05) is 27.8 Å². The maximum absolute atomic E-state index is 8.83. The predicted octanol–water partition coefficient (Wildman–Crippen LogP) is 14.0. The molecule has 0 spiro atoms. The van der Waals surface area contributed by atoms with Crippen molar-refractivity contribution in [3.63, 3.8) is 0 Å². The molecule has 0 bridgehead atoms. The van der Waals surface area contributed by atoms with Crippen molar-refractivity contribution in [3.8, 4) is 23.0 Å². The summed E-state index contributed by atoms with van der Waals surface area (Å²) in [6.45, 7) is 2.61. The zero-order valence-electron chi connectivity index (χ0n) is 40.0. The third kappa shape index (κ3) is 12.4. The van der Waals surface area contributed by atoms with E-state index in [-0.39, 0.29) is 26.4 Å². The van der Waals surface area contributed by atoms with Crippen LogP contribution in [0.15, 0.2) is 248 Å². The normalized spacial score (nSPS) is 12.0. The lowest BCUT2D eigenvalue weighted by Crippen LogP contribution is -2.45. The molecule has 3 N–H and O–H groups in total. The Hall–Kier alpha value is -9.14. The molecule has 9 aromatic carbocycles. The highest BCUT2D eigenvalue weighted by Gasteiger charge is 2.36. The molecule has 0 atom stereocenters. The molecule has 0 aliphatic carbocycles. The van der Waals surface area contributed by atoms with Crippen LogP contribution in [0.4, 0.5) is 5.69 Å². The largest absolute Gasteiger partial charge is 0.493 e. The first-order chi connectivity index (χ1) is 35.3. The van der Waals surface area contributed by atoms with Crippen LogP contribution in [-0.2, 0) is 0 Å². The van der Waals surface area contributed by atoms with Crippen LogP contribution in [0, 0.1) is 28.6 Å². The fourth-order valence-corrected chi connectivity index (χ4v) is 8.01. The zero-order chi connectivity index (χ0) is 49.5. The van der Waals surface area contributed by atoms with E-state index in [1.54, 1.807) is 0 Å². The Morgan fingerprint density at radius 2 is 0.569 bits per heavy atom. The fraction of sp³-hybridized carbons (Fsp3) is 0.0938. The molecule has 0 unspecified atom stereocenters. The number of hydrogen-bond donors (Lipinski definition) is 3. The Labute approximate surface area is 421 Å². The van der Waals surface area contributed by atoms with Gasteiger partial charge in [0.15, 0.2) is 0 Å². The van der Waals surface area contributed by atoms with Gasteiger partial charge in [-0.1, -0.05) is 139 Å². The third-order valence-electron chi connectivity index (χ3n) is 12.2. The molecule has 9 rings (SSSR count). The van der Waals surface area contributed by atoms with Crippen molar-refractivity contribution >= 4 is 28.5 Å². The van der Waals surface area contributed by atoms with Crippen molar-refractivity contribution < 1.29 is 18.9 Å². The molecule has 0 radical (unpaired) electrons. The summed E-state index contributed by atoms with van der Waals surface area (Å²) in [7, 11) is 0. The highest BCUT2D eigenvalue weighted by Crippen LogP contribution is 2.29. The molecule has 0 saturated carbocycles. The van der Waals surface area contributed by atoms with E-state index >= 15 is 0 Å². The second kappa shape index (κ2) is 23.0. The van der Waals surface area contributed by atoms with Crippen molar-refractivity contribution in [1.29, 1.82) is 16.2 Å². The van der Waals surface area contributed by atoms with Gasteiger partial charge in [0.25, 0.3) is 0 Å². The molecular weight excluding hydrogens is 889 g/mol. The summed E-state index contributed by atoms with van der Waals surface area (Å²) in [5, 5.41) is 26.5. The lowest BCUT2D eigenvalue weighted by Gasteiger charge is -2.33. The van der Waals surface area contributed by atoms with E-state index in [9.17, 15) is 0 Å². The van der Waals surface area contributed by atoms with E-state index in [2.05, 4.69) is 31.2 Å². The average molecular weight is 943 g/mol. The summed E-state index contributed by atoms with van der Waals surface area (Å²) in [5.74, 6) is 2.48. The van der Waals surface area contributed by atoms with Gasteiger partial charge in [-0.3, -0.25) is 16.2 Å². The summed E-state index contributed by atoms with van der Waals surface area (Å²) in [6, 6.07) is 77.9. The third-order valence-corrected chi connectivity index (χ3v) is 12.2. The Morgan fingerprint density at radius 1 is 0.319 bits per heavy atom.